The quantitative estimate of drug-likeness (QED) is 0.772. The predicted octanol–water partition coefficient (Wildman–Crippen LogP) is 3.18. The van der Waals surface area contributed by atoms with Crippen LogP contribution in [0.25, 0.3) is 0 Å². The van der Waals surface area contributed by atoms with E-state index < -0.39 is 0 Å². The Labute approximate surface area is 107 Å². The Morgan fingerprint density at radius 1 is 1.50 bits per heavy atom. The average Bonchev–Trinajstić information content (AvgIpc) is 2.19. The molecule has 1 heterocycles. The van der Waals surface area contributed by atoms with Crippen LogP contribution in [0, 0.1) is 5.92 Å². The number of nitrogens with zero attached hydrogens (tertiary/aromatic N) is 2. The van der Waals surface area contributed by atoms with Gasteiger partial charge in [0, 0.05) is 30.9 Å². The highest BCUT2D eigenvalue weighted by Crippen LogP contribution is 2.32. The fourth-order valence-electron chi connectivity index (χ4n) is 2.13. The molecule has 0 N–H and O–H groups in total. The third kappa shape index (κ3) is 3.09. The Balaban J connectivity index is 1.83. The van der Waals surface area contributed by atoms with Crippen LogP contribution in [0.3, 0.4) is 0 Å². The molecule has 2 rings (SSSR count). The Morgan fingerprint density at radius 2 is 2.25 bits per heavy atom. The molecule has 0 saturated heterocycles. The van der Waals surface area contributed by atoms with Crippen LogP contribution in [-0.4, -0.2) is 28.9 Å². The Bertz CT molecular complexity index is 351. The summed E-state index contributed by atoms with van der Waals surface area (Å²) in [6.07, 6.45) is 5.78. The van der Waals surface area contributed by atoms with E-state index in [1.54, 1.807) is 12.4 Å². The molecular weight excluding hydrogens is 243 g/mol. The molecule has 0 bridgehead atoms. The molecule has 1 saturated carbocycles. The zero-order valence-corrected chi connectivity index (χ0v) is 10.9. The van der Waals surface area contributed by atoms with Crippen LogP contribution in [0.2, 0.25) is 5.02 Å². The van der Waals surface area contributed by atoms with Crippen molar-refractivity contribution in [1.29, 1.82) is 0 Å². The topological polar surface area (TPSA) is 16.1 Å². The van der Waals surface area contributed by atoms with Crippen molar-refractivity contribution in [2.75, 3.05) is 13.6 Å². The number of hydrogen-bond donors (Lipinski definition) is 0. The van der Waals surface area contributed by atoms with Gasteiger partial charge in [-0.1, -0.05) is 11.6 Å². The van der Waals surface area contributed by atoms with E-state index in [1.807, 2.05) is 6.07 Å². The van der Waals surface area contributed by atoms with E-state index in [0.29, 0.717) is 5.38 Å². The molecule has 4 heteroatoms. The van der Waals surface area contributed by atoms with Crippen LogP contribution in [0.1, 0.15) is 18.4 Å². The second-order valence-electron chi connectivity index (χ2n) is 4.60. The first-order valence-electron chi connectivity index (χ1n) is 5.56. The van der Waals surface area contributed by atoms with E-state index in [-0.39, 0.29) is 0 Å². The van der Waals surface area contributed by atoms with Crippen molar-refractivity contribution < 1.29 is 0 Å². The first-order chi connectivity index (χ1) is 7.65. The lowest BCUT2D eigenvalue weighted by molar-refractivity contribution is 0.204. The third-order valence-electron chi connectivity index (χ3n) is 3.04. The van der Waals surface area contributed by atoms with Gasteiger partial charge in [0.1, 0.15) is 0 Å². The molecule has 0 atom stereocenters. The van der Waals surface area contributed by atoms with Gasteiger partial charge in [0.05, 0.1) is 5.02 Å². The fraction of sp³-hybridized carbons (Fsp3) is 0.583. The number of aromatic nitrogens is 1. The lowest BCUT2D eigenvalue weighted by atomic mass is 9.84. The second kappa shape index (κ2) is 5.35. The summed E-state index contributed by atoms with van der Waals surface area (Å²) in [5, 5.41) is 1.15. The van der Waals surface area contributed by atoms with E-state index in [4.69, 9.17) is 23.2 Å². The minimum Gasteiger partial charge on any atom is -0.302 e. The van der Waals surface area contributed by atoms with Crippen molar-refractivity contribution in [1.82, 2.24) is 9.88 Å². The minimum absolute atomic E-state index is 0.405. The minimum atomic E-state index is 0.405. The van der Waals surface area contributed by atoms with Gasteiger partial charge in [-0.05, 0) is 37.4 Å². The standard InChI is InChI=1S/C12H16Cl2N2/c1-16(7-9-4-11(13)5-9)8-10-2-3-15-6-12(10)14/h2-3,6,9,11H,4-5,7-8H2,1H3. The van der Waals surface area contributed by atoms with Crippen LogP contribution in [-0.2, 0) is 6.54 Å². The van der Waals surface area contributed by atoms with Crippen LogP contribution in [0.15, 0.2) is 18.5 Å². The highest BCUT2D eigenvalue weighted by Gasteiger charge is 2.27. The van der Waals surface area contributed by atoms with Crippen LogP contribution < -0.4 is 0 Å². The average molecular weight is 259 g/mol. The van der Waals surface area contributed by atoms with Gasteiger partial charge in [-0.25, -0.2) is 0 Å². The summed E-state index contributed by atoms with van der Waals surface area (Å²) >= 11 is 12.0. The zero-order valence-electron chi connectivity index (χ0n) is 9.37. The summed E-state index contributed by atoms with van der Waals surface area (Å²) in [5.74, 6) is 0.758. The van der Waals surface area contributed by atoms with Crippen LogP contribution >= 0.6 is 23.2 Å². The lowest BCUT2D eigenvalue weighted by Crippen LogP contribution is -2.34. The molecule has 0 aromatic carbocycles. The Morgan fingerprint density at radius 3 is 2.88 bits per heavy atom. The molecule has 0 amide bonds. The summed E-state index contributed by atoms with van der Waals surface area (Å²) in [5.41, 5.74) is 1.14. The highest BCUT2D eigenvalue weighted by molar-refractivity contribution is 6.31. The molecule has 0 unspecified atom stereocenters. The van der Waals surface area contributed by atoms with Gasteiger partial charge in [0.15, 0.2) is 0 Å². The van der Waals surface area contributed by atoms with Gasteiger partial charge in [0.25, 0.3) is 0 Å². The Kier molecular flexibility index (Phi) is 4.06. The van der Waals surface area contributed by atoms with Crippen molar-refractivity contribution in [3.05, 3.63) is 29.0 Å². The second-order valence-corrected chi connectivity index (χ2v) is 5.62. The van der Waals surface area contributed by atoms with Gasteiger partial charge < -0.3 is 4.90 Å². The zero-order chi connectivity index (χ0) is 11.5. The van der Waals surface area contributed by atoms with E-state index in [2.05, 4.69) is 16.9 Å². The van der Waals surface area contributed by atoms with Crippen molar-refractivity contribution in [2.24, 2.45) is 5.92 Å². The Hall–Kier alpha value is -0.310. The number of rotatable bonds is 4. The number of hydrogen-bond acceptors (Lipinski definition) is 2. The van der Waals surface area contributed by atoms with Gasteiger partial charge in [-0.2, -0.15) is 0 Å². The van der Waals surface area contributed by atoms with Crippen molar-refractivity contribution in [2.45, 2.75) is 24.8 Å². The first kappa shape index (κ1) is 12.2. The highest BCUT2D eigenvalue weighted by atomic mass is 35.5. The first-order valence-corrected chi connectivity index (χ1v) is 6.37. The molecule has 0 aliphatic heterocycles. The van der Waals surface area contributed by atoms with Crippen LogP contribution in [0.4, 0.5) is 0 Å². The van der Waals surface area contributed by atoms with E-state index in [1.165, 1.54) is 0 Å². The molecule has 2 nitrogen and oxygen atoms in total. The number of pyridine rings is 1. The van der Waals surface area contributed by atoms with Crippen LogP contribution in [0.5, 0.6) is 0 Å². The van der Waals surface area contributed by atoms with E-state index in [9.17, 15) is 0 Å². The van der Waals surface area contributed by atoms with Gasteiger partial charge in [0.2, 0.25) is 0 Å². The molecule has 0 spiro atoms. The molecular formula is C12H16Cl2N2. The summed E-state index contributed by atoms with van der Waals surface area (Å²) in [6.45, 7) is 1.98. The van der Waals surface area contributed by atoms with Gasteiger partial charge in [-0.3, -0.25) is 4.98 Å². The third-order valence-corrected chi connectivity index (χ3v) is 3.74. The smallest absolute Gasteiger partial charge is 0.0634 e. The number of alkyl halides is 1. The van der Waals surface area contributed by atoms with E-state index >= 15 is 0 Å². The predicted molar refractivity (Wildman–Crippen MR) is 67.9 cm³/mol. The van der Waals surface area contributed by atoms with E-state index in [0.717, 1.165) is 42.4 Å². The summed E-state index contributed by atoms with van der Waals surface area (Å²) in [6, 6.07) is 1.98. The summed E-state index contributed by atoms with van der Waals surface area (Å²) in [4.78, 5) is 6.28. The SMILES string of the molecule is CN(Cc1ccncc1Cl)CC1CC(Cl)C1. The maximum atomic E-state index is 6.07. The molecule has 1 aromatic heterocycles. The fourth-order valence-corrected chi connectivity index (χ4v) is 2.81. The molecule has 0 radical (unpaired) electrons. The van der Waals surface area contributed by atoms with Crippen molar-refractivity contribution >= 4 is 23.2 Å². The maximum absolute atomic E-state index is 6.07. The normalized spacial score (nSPS) is 24.5. The monoisotopic (exact) mass is 258 g/mol. The van der Waals surface area contributed by atoms with Crippen molar-refractivity contribution in [3.63, 3.8) is 0 Å². The van der Waals surface area contributed by atoms with Crippen molar-refractivity contribution in [3.8, 4) is 0 Å². The summed E-state index contributed by atoms with van der Waals surface area (Å²) < 4.78 is 0. The van der Waals surface area contributed by atoms with Gasteiger partial charge in [-0.15, -0.1) is 11.6 Å². The molecule has 16 heavy (non-hydrogen) atoms. The maximum Gasteiger partial charge on any atom is 0.0634 e. The summed E-state index contributed by atoms with van der Waals surface area (Å²) in [7, 11) is 2.12. The molecule has 88 valence electrons. The number of halogens is 2. The largest absolute Gasteiger partial charge is 0.302 e. The molecule has 1 fully saturated rings. The lowest BCUT2D eigenvalue weighted by Gasteiger charge is -2.34. The molecule has 1 aliphatic carbocycles. The molecule has 1 aliphatic rings. The van der Waals surface area contributed by atoms with Gasteiger partial charge >= 0.3 is 0 Å². The molecule has 1 aromatic rings.